The van der Waals surface area contributed by atoms with Crippen LogP contribution in [0.2, 0.25) is 0 Å². The third-order valence-corrected chi connectivity index (χ3v) is 7.12. The Bertz CT molecular complexity index is 642. The van der Waals surface area contributed by atoms with Gasteiger partial charge < -0.3 is 9.33 Å². The van der Waals surface area contributed by atoms with Crippen molar-refractivity contribution in [2.75, 3.05) is 13.3 Å². The van der Waals surface area contributed by atoms with Crippen LogP contribution >= 0.6 is 0 Å². The van der Waals surface area contributed by atoms with Crippen LogP contribution < -0.4 is 10.4 Å². The first-order chi connectivity index (χ1) is 11.5. The van der Waals surface area contributed by atoms with E-state index in [4.69, 9.17) is 4.43 Å². The maximum atomic E-state index is 12.4. The molecule has 4 heteroatoms. The van der Waals surface area contributed by atoms with Gasteiger partial charge in [-0.1, -0.05) is 81.4 Å². The monoisotopic (exact) mass is 339 g/mol. The first-order valence-electron chi connectivity index (χ1n) is 8.47. The molecular formula is C20H25NO2Si. The third kappa shape index (κ3) is 3.60. The molecular weight excluding hydrogens is 314 g/mol. The van der Waals surface area contributed by atoms with Gasteiger partial charge in [0.2, 0.25) is 14.9 Å². The molecule has 0 aromatic heterocycles. The lowest BCUT2D eigenvalue weighted by Crippen LogP contribution is -2.59. The van der Waals surface area contributed by atoms with Crippen LogP contribution in [-0.2, 0) is 9.22 Å². The molecule has 1 aliphatic heterocycles. The van der Waals surface area contributed by atoms with Crippen LogP contribution in [0.4, 0.5) is 0 Å². The van der Waals surface area contributed by atoms with Crippen molar-refractivity contribution in [3.05, 3.63) is 60.7 Å². The molecule has 1 heterocycles. The van der Waals surface area contributed by atoms with Crippen molar-refractivity contribution >= 4 is 25.3 Å². The number of hydrogen-bond acceptors (Lipinski definition) is 2. The van der Waals surface area contributed by atoms with E-state index in [-0.39, 0.29) is 17.2 Å². The number of benzene rings is 2. The molecule has 1 unspecified atom stereocenters. The number of carbonyl (C=O) groups is 1. The van der Waals surface area contributed by atoms with Crippen molar-refractivity contribution in [1.29, 1.82) is 0 Å². The van der Waals surface area contributed by atoms with Crippen LogP contribution in [-0.4, -0.2) is 33.1 Å². The van der Waals surface area contributed by atoms with Gasteiger partial charge in [-0.3, -0.25) is 4.79 Å². The van der Waals surface area contributed by atoms with E-state index in [0.29, 0.717) is 6.73 Å². The zero-order valence-electron chi connectivity index (χ0n) is 14.6. The summed E-state index contributed by atoms with van der Waals surface area (Å²) in [6, 6.07) is 20.7. The normalized spacial score (nSPS) is 17.9. The number of amides is 1. The number of hydrogen-bond donors (Lipinski definition) is 0. The SMILES string of the molecule is CC(C)(C)C1CN(CO[SiH](c2ccccc2)c2ccccc2)C1=O. The number of nitrogens with zero attached hydrogens (tertiary/aromatic N) is 1. The summed E-state index contributed by atoms with van der Waals surface area (Å²) in [5.41, 5.74) is 0.0310. The summed E-state index contributed by atoms with van der Waals surface area (Å²) < 4.78 is 6.29. The van der Waals surface area contributed by atoms with Crippen LogP contribution in [0.25, 0.3) is 0 Å². The van der Waals surface area contributed by atoms with E-state index < -0.39 is 9.04 Å². The summed E-state index contributed by atoms with van der Waals surface area (Å²) in [4.78, 5) is 14.2. The Labute approximate surface area is 146 Å². The maximum Gasteiger partial charge on any atom is 0.242 e. The molecule has 0 spiro atoms. The minimum Gasteiger partial charge on any atom is -0.394 e. The molecule has 1 amide bonds. The molecule has 1 fully saturated rings. The molecule has 0 bridgehead atoms. The molecule has 1 aliphatic rings. The number of β-lactam (4-membered cyclic amide) rings is 1. The molecule has 3 rings (SSSR count). The Kier molecular flexibility index (Phi) is 4.87. The van der Waals surface area contributed by atoms with E-state index >= 15 is 0 Å². The quantitative estimate of drug-likeness (QED) is 0.616. The predicted octanol–water partition coefficient (Wildman–Crippen LogP) is 2.00. The molecule has 126 valence electrons. The van der Waals surface area contributed by atoms with E-state index in [1.807, 2.05) is 41.3 Å². The maximum absolute atomic E-state index is 12.4. The van der Waals surface area contributed by atoms with Crippen molar-refractivity contribution < 1.29 is 9.22 Å². The summed E-state index contributed by atoms with van der Waals surface area (Å²) in [5, 5.41) is 2.48. The van der Waals surface area contributed by atoms with Crippen molar-refractivity contribution in [2.45, 2.75) is 20.8 Å². The molecule has 1 saturated heterocycles. The summed E-state index contributed by atoms with van der Waals surface area (Å²) in [5.74, 6) is 0.339. The van der Waals surface area contributed by atoms with Crippen molar-refractivity contribution in [1.82, 2.24) is 4.90 Å². The van der Waals surface area contributed by atoms with Gasteiger partial charge in [-0.15, -0.1) is 0 Å². The van der Waals surface area contributed by atoms with Crippen molar-refractivity contribution in [2.24, 2.45) is 11.3 Å². The van der Waals surface area contributed by atoms with Crippen LogP contribution in [0.3, 0.4) is 0 Å². The van der Waals surface area contributed by atoms with E-state index in [1.54, 1.807) is 0 Å². The minimum absolute atomic E-state index is 0.0310. The molecule has 0 radical (unpaired) electrons. The van der Waals surface area contributed by atoms with Gasteiger partial charge in [0.05, 0.1) is 5.92 Å². The van der Waals surface area contributed by atoms with Gasteiger partial charge in [0.25, 0.3) is 0 Å². The summed E-state index contributed by atoms with van der Waals surface area (Å²) in [7, 11) is -1.77. The van der Waals surface area contributed by atoms with Crippen molar-refractivity contribution in [3.63, 3.8) is 0 Å². The third-order valence-electron chi connectivity index (χ3n) is 4.66. The van der Waals surface area contributed by atoms with Crippen LogP contribution in [0, 0.1) is 11.3 Å². The molecule has 3 nitrogen and oxygen atoms in total. The van der Waals surface area contributed by atoms with E-state index in [2.05, 4.69) is 45.0 Å². The Morgan fingerprint density at radius 1 is 1.00 bits per heavy atom. The highest BCUT2D eigenvalue weighted by molar-refractivity contribution is 6.80. The molecule has 0 N–H and O–H groups in total. The number of carbonyl (C=O) groups excluding carboxylic acids is 1. The second-order valence-electron chi connectivity index (χ2n) is 7.48. The van der Waals surface area contributed by atoms with E-state index in [0.717, 1.165) is 6.54 Å². The van der Waals surface area contributed by atoms with Gasteiger partial charge in [-0.25, -0.2) is 0 Å². The summed E-state index contributed by atoms with van der Waals surface area (Å²) >= 11 is 0. The summed E-state index contributed by atoms with van der Waals surface area (Å²) in [6.07, 6.45) is 0. The molecule has 0 saturated carbocycles. The van der Waals surface area contributed by atoms with Gasteiger partial charge in [0.1, 0.15) is 6.73 Å². The topological polar surface area (TPSA) is 29.5 Å². The van der Waals surface area contributed by atoms with E-state index in [9.17, 15) is 4.79 Å². The fraction of sp³-hybridized carbons (Fsp3) is 0.350. The summed E-state index contributed by atoms with van der Waals surface area (Å²) in [6.45, 7) is 7.57. The lowest BCUT2D eigenvalue weighted by atomic mass is 9.75. The number of likely N-dealkylation sites (tertiary alicyclic amines) is 1. The standard InChI is InChI=1S/C20H25NO2Si/c1-20(2,3)18-14-21(19(18)22)15-23-24(16-10-6-4-7-11-16)17-12-8-5-9-13-17/h4-13,18,24H,14-15H2,1-3H3. The average Bonchev–Trinajstić information content (AvgIpc) is 2.57. The molecule has 2 aromatic carbocycles. The fourth-order valence-corrected chi connectivity index (χ4v) is 5.30. The Morgan fingerprint density at radius 2 is 1.50 bits per heavy atom. The Balaban J connectivity index is 1.70. The second-order valence-corrected chi connectivity index (χ2v) is 9.90. The van der Waals surface area contributed by atoms with E-state index in [1.165, 1.54) is 10.4 Å². The van der Waals surface area contributed by atoms with Gasteiger partial charge >= 0.3 is 0 Å². The number of rotatable bonds is 5. The fourth-order valence-electron chi connectivity index (χ4n) is 3.06. The highest BCUT2D eigenvalue weighted by Crippen LogP contribution is 2.34. The van der Waals surface area contributed by atoms with Crippen LogP contribution in [0.15, 0.2) is 60.7 Å². The highest BCUT2D eigenvalue weighted by Gasteiger charge is 2.44. The van der Waals surface area contributed by atoms with Crippen LogP contribution in [0.1, 0.15) is 20.8 Å². The predicted molar refractivity (Wildman–Crippen MR) is 99.9 cm³/mol. The van der Waals surface area contributed by atoms with Gasteiger partial charge in [-0.2, -0.15) is 0 Å². The Morgan fingerprint density at radius 3 is 1.92 bits per heavy atom. The smallest absolute Gasteiger partial charge is 0.242 e. The zero-order chi connectivity index (χ0) is 17.2. The van der Waals surface area contributed by atoms with Gasteiger partial charge in [0.15, 0.2) is 0 Å². The van der Waals surface area contributed by atoms with Gasteiger partial charge in [0, 0.05) is 6.54 Å². The average molecular weight is 340 g/mol. The second kappa shape index (κ2) is 6.91. The van der Waals surface area contributed by atoms with Gasteiger partial charge in [-0.05, 0) is 15.8 Å². The molecule has 0 aliphatic carbocycles. The first-order valence-corrected chi connectivity index (χ1v) is 10.1. The van der Waals surface area contributed by atoms with Crippen LogP contribution in [0.5, 0.6) is 0 Å². The Hall–Kier alpha value is -1.91. The first kappa shape index (κ1) is 16.9. The highest BCUT2D eigenvalue weighted by atomic mass is 28.3. The minimum atomic E-state index is -1.77. The largest absolute Gasteiger partial charge is 0.394 e. The van der Waals surface area contributed by atoms with Crippen molar-refractivity contribution in [3.8, 4) is 0 Å². The molecule has 24 heavy (non-hydrogen) atoms. The molecule has 2 aromatic rings. The molecule has 1 atom stereocenters. The zero-order valence-corrected chi connectivity index (χ0v) is 15.8. The lowest BCUT2D eigenvalue weighted by molar-refractivity contribution is -0.158. The lowest BCUT2D eigenvalue weighted by Gasteiger charge is -2.45.